The maximum absolute atomic E-state index is 2.37. The van der Waals surface area contributed by atoms with Crippen LogP contribution in [0.5, 0.6) is 0 Å². The van der Waals surface area contributed by atoms with Gasteiger partial charge in [0.25, 0.3) is 0 Å². The first-order valence-corrected chi connectivity index (χ1v) is 15.2. The molecular weight excluding hydrogens is 372 g/mol. The first kappa shape index (κ1) is 31.0. The van der Waals surface area contributed by atoms with E-state index in [1.165, 1.54) is 167 Å². The van der Waals surface area contributed by atoms with Crippen molar-refractivity contribution in [3.8, 4) is 0 Å². The molecule has 0 saturated heterocycles. The fourth-order valence-corrected chi connectivity index (χ4v) is 5.45. The van der Waals surface area contributed by atoms with Gasteiger partial charge in [-0.05, 0) is 31.1 Å². The zero-order valence-electron chi connectivity index (χ0n) is 22.9. The van der Waals surface area contributed by atoms with Crippen molar-refractivity contribution in [3.05, 3.63) is 0 Å². The third kappa shape index (κ3) is 20.3. The second kappa shape index (κ2) is 24.6. The van der Waals surface area contributed by atoms with Crippen LogP contribution in [0, 0.1) is 5.41 Å². The molecule has 0 rings (SSSR count). The van der Waals surface area contributed by atoms with Gasteiger partial charge in [-0.2, -0.15) is 0 Å². The SMILES string of the molecule is CCCCCCCCCCCCCCCCCCC(CCCC)(CCCC)CCCC. The summed E-state index contributed by atoms with van der Waals surface area (Å²) < 4.78 is 0. The Balaban J connectivity index is 3.71. The topological polar surface area (TPSA) is 0 Å². The normalized spacial score (nSPS) is 12.0. The van der Waals surface area contributed by atoms with Crippen LogP contribution in [0.3, 0.4) is 0 Å². The van der Waals surface area contributed by atoms with Crippen LogP contribution in [0.4, 0.5) is 0 Å². The Bertz CT molecular complexity index is 296. The minimum absolute atomic E-state index is 0.692. The maximum atomic E-state index is 2.37. The molecule has 0 aromatic carbocycles. The molecule has 0 heteroatoms. The second-order valence-corrected chi connectivity index (χ2v) is 10.9. The van der Waals surface area contributed by atoms with Crippen LogP contribution >= 0.6 is 0 Å². The molecule has 31 heavy (non-hydrogen) atoms. The Kier molecular flexibility index (Phi) is 24.6. The molecule has 0 bridgehead atoms. The lowest BCUT2D eigenvalue weighted by Crippen LogP contribution is -2.21. The molecule has 0 heterocycles. The fourth-order valence-electron chi connectivity index (χ4n) is 5.45. The zero-order chi connectivity index (χ0) is 22.9. The van der Waals surface area contributed by atoms with E-state index in [1.807, 2.05) is 0 Å². The Morgan fingerprint density at radius 2 is 0.484 bits per heavy atom. The lowest BCUT2D eigenvalue weighted by Gasteiger charge is -2.35. The molecule has 0 aliphatic heterocycles. The van der Waals surface area contributed by atoms with Gasteiger partial charge in [-0.25, -0.2) is 0 Å². The van der Waals surface area contributed by atoms with Gasteiger partial charge in [0.15, 0.2) is 0 Å². The molecule has 0 N–H and O–H groups in total. The average molecular weight is 437 g/mol. The lowest BCUT2D eigenvalue weighted by molar-refractivity contribution is 0.175. The van der Waals surface area contributed by atoms with Crippen molar-refractivity contribution < 1.29 is 0 Å². The van der Waals surface area contributed by atoms with Gasteiger partial charge < -0.3 is 0 Å². The van der Waals surface area contributed by atoms with E-state index in [0.717, 1.165) is 0 Å². The van der Waals surface area contributed by atoms with Crippen LogP contribution in [0.2, 0.25) is 0 Å². The summed E-state index contributed by atoms with van der Waals surface area (Å²) in [7, 11) is 0. The average Bonchev–Trinajstić information content (AvgIpc) is 2.79. The molecule has 0 atom stereocenters. The van der Waals surface area contributed by atoms with Crippen LogP contribution in [0.25, 0.3) is 0 Å². The molecule has 0 aromatic rings. The minimum Gasteiger partial charge on any atom is -0.0654 e. The summed E-state index contributed by atoms with van der Waals surface area (Å²) in [4.78, 5) is 0. The van der Waals surface area contributed by atoms with Gasteiger partial charge in [-0.15, -0.1) is 0 Å². The van der Waals surface area contributed by atoms with Crippen molar-refractivity contribution in [3.63, 3.8) is 0 Å². The van der Waals surface area contributed by atoms with E-state index in [2.05, 4.69) is 27.7 Å². The van der Waals surface area contributed by atoms with Gasteiger partial charge >= 0.3 is 0 Å². The zero-order valence-corrected chi connectivity index (χ0v) is 22.9. The molecule has 0 radical (unpaired) electrons. The van der Waals surface area contributed by atoms with Crippen molar-refractivity contribution in [2.75, 3.05) is 0 Å². The monoisotopic (exact) mass is 437 g/mol. The largest absolute Gasteiger partial charge is 0.0654 e. The van der Waals surface area contributed by atoms with E-state index in [-0.39, 0.29) is 0 Å². The Morgan fingerprint density at radius 1 is 0.258 bits per heavy atom. The van der Waals surface area contributed by atoms with Gasteiger partial charge in [0.1, 0.15) is 0 Å². The van der Waals surface area contributed by atoms with E-state index in [0.29, 0.717) is 5.41 Å². The molecule has 0 fully saturated rings. The molecule has 0 spiro atoms. The fraction of sp³-hybridized carbons (Fsp3) is 1.00. The van der Waals surface area contributed by atoms with Crippen molar-refractivity contribution in [2.24, 2.45) is 5.41 Å². The van der Waals surface area contributed by atoms with Crippen molar-refractivity contribution in [2.45, 2.75) is 195 Å². The first-order valence-electron chi connectivity index (χ1n) is 15.2. The Morgan fingerprint density at radius 3 is 0.774 bits per heavy atom. The molecule has 0 saturated carbocycles. The summed E-state index contributed by atoms with van der Waals surface area (Å²) in [5.74, 6) is 0. The summed E-state index contributed by atoms with van der Waals surface area (Å²) in [5, 5.41) is 0. The smallest absolute Gasteiger partial charge is 0.0297 e. The van der Waals surface area contributed by atoms with Gasteiger partial charge in [0.05, 0.1) is 0 Å². The quantitative estimate of drug-likeness (QED) is 0.118. The summed E-state index contributed by atoms with van der Waals surface area (Å²) in [6.45, 7) is 9.43. The number of hydrogen-bond donors (Lipinski definition) is 0. The summed E-state index contributed by atoms with van der Waals surface area (Å²) >= 11 is 0. The highest BCUT2D eigenvalue weighted by molar-refractivity contribution is 4.79. The highest BCUT2D eigenvalue weighted by atomic mass is 14.3. The predicted octanol–water partition coefficient (Wildman–Crippen LogP) is 12.2. The molecule has 0 aliphatic carbocycles. The highest BCUT2D eigenvalue weighted by Crippen LogP contribution is 2.41. The van der Waals surface area contributed by atoms with E-state index >= 15 is 0 Å². The molecule has 0 aromatic heterocycles. The molecule has 0 nitrogen and oxygen atoms in total. The summed E-state index contributed by atoms with van der Waals surface area (Å²) in [5.41, 5.74) is 0.692. The van der Waals surface area contributed by atoms with Crippen LogP contribution in [-0.2, 0) is 0 Å². The van der Waals surface area contributed by atoms with E-state index in [9.17, 15) is 0 Å². The van der Waals surface area contributed by atoms with Gasteiger partial charge in [-0.3, -0.25) is 0 Å². The second-order valence-electron chi connectivity index (χ2n) is 10.9. The molecular formula is C31H64. The summed E-state index contributed by atoms with van der Waals surface area (Å²) in [6, 6.07) is 0. The standard InChI is InChI=1S/C31H64/c1-5-9-13-14-15-16-17-18-19-20-21-22-23-24-25-26-30-31(27-10-6-2,28-11-7-3)29-12-8-4/h5-30H2,1-4H3. The van der Waals surface area contributed by atoms with Gasteiger partial charge in [0.2, 0.25) is 0 Å². The van der Waals surface area contributed by atoms with Crippen LogP contribution in [0.1, 0.15) is 195 Å². The molecule has 0 aliphatic rings. The van der Waals surface area contributed by atoms with Crippen molar-refractivity contribution >= 4 is 0 Å². The lowest BCUT2D eigenvalue weighted by atomic mass is 9.71. The minimum atomic E-state index is 0.692. The van der Waals surface area contributed by atoms with Gasteiger partial charge in [-0.1, -0.05) is 169 Å². The highest BCUT2D eigenvalue weighted by Gasteiger charge is 2.27. The van der Waals surface area contributed by atoms with Crippen LogP contribution in [0.15, 0.2) is 0 Å². The summed E-state index contributed by atoms with van der Waals surface area (Å²) in [6.07, 6.45) is 38.1. The number of hydrogen-bond acceptors (Lipinski definition) is 0. The Hall–Kier alpha value is 0. The van der Waals surface area contributed by atoms with Crippen LogP contribution < -0.4 is 0 Å². The third-order valence-electron chi connectivity index (χ3n) is 7.74. The Labute approximate surface area is 200 Å². The maximum Gasteiger partial charge on any atom is -0.0297 e. The van der Waals surface area contributed by atoms with E-state index < -0.39 is 0 Å². The van der Waals surface area contributed by atoms with Crippen molar-refractivity contribution in [1.82, 2.24) is 0 Å². The first-order chi connectivity index (χ1) is 15.2. The number of unbranched alkanes of at least 4 members (excludes halogenated alkanes) is 18. The third-order valence-corrected chi connectivity index (χ3v) is 7.74. The van der Waals surface area contributed by atoms with Crippen molar-refractivity contribution in [1.29, 1.82) is 0 Å². The van der Waals surface area contributed by atoms with E-state index in [1.54, 1.807) is 0 Å². The number of rotatable bonds is 26. The molecule has 0 unspecified atom stereocenters. The van der Waals surface area contributed by atoms with Gasteiger partial charge in [0, 0.05) is 0 Å². The molecule has 188 valence electrons. The van der Waals surface area contributed by atoms with E-state index in [4.69, 9.17) is 0 Å². The van der Waals surface area contributed by atoms with Crippen LogP contribution in [-0.4, -0.2) is 0 Å². The predicted molar refractivity (Wildman–Crippen MR) is 145 cm³/mol. The molecule has 0 amide bonds.